The van der Waals surface area contributed by atoms with Gasteiger partial charge >= 0.3 is 0 Å². The fraction of sp³-hybridized carbons (Fsp3) is 0.882. The van der Waals surface area contributed by atoms with Gasteiger partial charge in [0.15, 0.2) is 6.29 Å². The molecule has 20 heavy (non-hydrogen) atoms. The molecule has 0 aromatic heterocycles. The van der Waals surface area contributed by atoms with Crippen molar-refractivity contribution in [3.05, 3.63) is 0 Å². The number of unbranched alkanes of at least 4 members (excludes halogenated alkanes) is 4. The molecule has 0 atom stereocenters. The van der Waals surface area contributed by atoms with Crippen molar-refractivity contribution in [2.24, 2.45) is 0 Å². The first-order valence-electron chi connectivity index (χ1n) is 8.10. The van der Waals surface area contributed by atoms with Crippen molar-refractivity contribution in [2.45, 2.75) is 77.9 Å². The molecule has 0 unspecified atom stereocenters. The van der Waals surface area contributed by atoms with Gasteiger partial charge < -0.3 is 9.47 Å². The summed E-state index contributed by atoms with van der Waals surface area (Å²) in [5.74, 6) is 7.08. The minimum atomic E-state index is -0.00953. The Bertz CT molecular complexity index is 237. The second-order valence-corrected chi connectivity index (χ2v) is 5.29. The smallest absolute Gasteiger partial charge is 0.157 e. The average molecular weight is 303 g/mol. The molecular formula is C17H31ClO2. The van der Waals surface area contributed by atoms with Gasteiger partial charge in [0, 0.05) is 31.9 Å². The molecule has 3 heteroatoms. The minimum Gasteiger partial charge on any atom is -0.353 e. The number of rotatable bonds is 13. The summed E-state index contributed by atoms with van der Waals surface area (Å²) in [5.41, 5.74) is 0. The molecular weight excluding hydrogens is 272 g/mol. The van der Waals surface area contributed by atoms with E-state index in [-0.39, 0.29) is 6.29 Å². The summed E-state index contributed by atoms with van der Waals surface area (Å²) in [5, 5.41) is 0. The molecule has 0 saturated heterocycles. The van der Waals surface area contributed by atoms with E-state index in [1.54, 1.807) is 0 Å². The Morgan fingerprint density at radius 2 is 1.45 bits per heavy atom. The van der Waals surface area contributed by atoms with Crippen LogP contribution in [0.3, 0.4) is 0 Å². The van der Waals surface area contributed by atoms with E-state index in [1.807, 2.05) is 0 Å². The molecule has 2 nitrogen and oxygen atoms in total. The van der Waals surface area contributed by atoms with Crippen LogP contribution in [0.4, 0.5) is 0 Å². The SMILES string of the molecule is CCCOC(CCCCCC#CCCCCl)OCCC. The fourth-order valence-corrected chi connectivity index (χ4v) is 1.88. The van der Waals surface area contributed by atoms with E-state index < -0.39 is 0 Å². The molecule has 0 N–H and O–H groups in total. The van der Waals surface area contributed by atoms with Crippen LogP contribution in [0.15, 0.2) is 0 Å². The van der Waals surface area contributed by atoms with Gasteiger partial charge in [0.1, 0.15) is 0 Å². The summed E-state index contributed by atoms with van der Waals surface area (Å²) in [4.78, 5) is 0. The summed E-state index contributed by atoms with van der Waals surface area (Å²) < 4.78 is 11.4. The van der Waals surface area contributed by atoms with Crippen LogP contribution in [0, 0.1) is 11.8 Å². The number of hydrogen-bond acceptors (Lipinski definition) is 2. The highest BCUT2D eigenvalue weighted by molar-refractivity contribution is 6.17. The summed E-state index contributed by atoms with van der Waals surface area (Å²) in [6.07, 6.45) is 9.53. The predicted molar refractivity (Wildman–Crippen MR) is 87.1 cm³/mol. The van der Waals surface area contributed by atoms with E-state index in [4.69, 9.17) is 21.1 Å². The van der Waals surface area contributed by atoms with Crippen LogP contribution in [-0.4, -0.2) is 25.4 Å². The van der Waals surface area contributed by atoms with E-state index in [0.29, 0.717) is 5.88 Å². The van der Waals surface area contributed by atoms with Crippen LogP contribution in [0.1, 0.15) is 71.6 Å². The lowest BCUT2D eigenvalue weighted by Crippen LogP contribution is -2.18. The van der Waals surface area contributed by atoms with Gasteiger partial charge in [-0.05, 0) is 38.5 Å². The first kappa shape index (κ1) is 19.8. The van der Waals surface area contributed by atoms with Gasteiger partial charge in [-0.25, -0.2) is 0 Å². The zero-order valence-electron chi connectivity index (χ0n) is 13.3. The third kappa shape index (κ3) is 14.2. The van der Waals surface area contributed by atoms with Crippen LogP contribution in [-0.2, 0) is 9.47 Å². The fourth-order valence-electron chi connectivity index (χ4n) is 1.75. The van der Waals surface area contributed by atoms with Gasteiger partial charge in [-0.15, -0.1) is 23.4 Å². The van der Waals surface area contributed by atoms with Crippen LogP contribution in [0.5, 0.6) is 0 Å². The van der Waals surface area contributed by atoms with Crippen molar-refractivity contribution >= 4 is 11.6 Å². The Balaban J connectivity index is 3.52. The van der Waals surface area contributed by atoms with Crippen LogP contribution < -0.4 is 0 Å². The number of alkyl halides is 1. The summed E-state index contributed by atoms with van der Waals surface area (Å²) >= 11 is 5.59. The van der Waals surface area contributed by atoms with Crippen molar-refractivity contribution in [1.29, 1.82) is 0 Å². The van der Waals surface area contributed by atoms with Crippen molar-refractivity contribution in [3.8, 4) is 11.8 Å². The van der Waals surface area contributed by atoms with Crippen LogP contribution in [0.25, 0.3) is 0 Å². The zero-order valence-corrected chi connectivity index (χ0v) is 14.0. The largest absolute Gasteiger partial charge is 0.353 e. The molecule has 0 spiro atoms. The molecule has 0 bridgehead atoms. The third-order valence-corrected chi connectivity index (χ3v) is 3.09. The quantitative estimate of drug-likeness (QED) is 0.203. The molecule has 0 aliphatic carbocycles. The van der Waals surface area contributed by atoms with Gasteiger partial charge in [-0.1, -0.05) is 20.3 Å². The lowest BCUT2D eigenvalue weighted by molar-refractivity contribution is -0.146. The van der Waals surface area contributed by atoms with Gasteiger partial charge in [0.25, 0.3) is 0 Å². The molecule has 118 valence electrons. The number of ether oxygens (including phenoxy) is 2. The first-order chi connectivity index (χ1) is 9.85. The standard InChI is InChI=1S/C17H31ClO2/c1-3-15-19-17(20-16-4-2)13-11-9-7-5-6-8-10-12-14-18/h17H,3-5,7,9-16H2,1-2H3. The Hall–Kier alpha value is -0.230. The molecule has 0 amide bonds. The van der Waals surface area contributed by atoms with Gasteiger partial charge in [-0.2, -0.15) is 0 Å². The number of halogens is 1. The monoisotopic (exact) mass is 302 g/mol. The maximum Gasteiger partial charge on any atom is 0.157 e. The zero-order chi connectivity index (χ0) is 14.9. The van der Waals surface area contributed by atoms with Gasteiger partial charge in [-0.3, -0.25) is 0 Å². The van der Waals surface area contributed by atoms with Crippen LogP contribution in [0.2, 0.25) is 0 Å². The predicted octanol–water partition coefficient (Wildman–Crippen LogP) is 5.14. The van der Waals surface area contributed by atoms with Crippen LogP contribution >= 0.6 is 11.6 Å². The minimum absolute atomic E-state index is 0.00953. The van der Waals surface area contributed by atoms with Gasteiger partial charge in [0.2, 0.25) is 0 Å². The summed E-state index contributed by atoms with van der Waals surface area (Å²) in [7, 11) is 0. The second kappa shape index (κ2) is 16.8. The molecule has 0 aliphatic rings. The van der Waals surface area contributed by atoms with E-state index in [0.717, 1.165) is 58.2 Å². The maximum atomic E-state index is 5.70. The topological polar surface area (TPSA) is 18.5 Å². The van der Waals surface area contributed by atoms with Gasteiger partial charge in [0.05, 0.1) is 0 Å². The Labute approximate surface area is 130 Å². The normalized spacial score (nSPS) is 10.6. The highest BCUT2D eigenvalue weighted by Gasteiger charge is 2.07. The third-order valence-electron chi connectivity index (χ3n) is 2.82. The maximum absolute atomic E-state index is 5.70. The molecule has 0 aromatic rings. The highest BCUT2D eigenvalue weighted by Crippen LogP contribution is 2.10. The molecule has 0 heterocycles. The van der Waals surface area contributed by atoms with E-state index in [2.05, 4.69) is 25.7 Å². The molecule has 0 aliphatic heterocycles. The average Bonchev–Trinajstić information content (AvgIpc) is 2.47. The molecule has 0 aromatic carbocycles. The molecule has 0 saturated carbocycles. The number of hydrogen-bond donors (Lipinski definition) is 0. The van der Waals surface area contributed by atoms with E-state index in [9.17, 15) is 0 Å². The molecule has 0 radical (unpaired) electrons. The lowest BCUT2D eigenvalue weighted by Gasteiger charge is -2.17. The molecule has 0 rings (SSSR count). The highest BCUT2D eigenvalue weighted by atomic mass is 35.5. The summed E-state index contributed by atoms with van der Waals surface area (Å²) in [6.45, 7) is 5.83. The van der Waals surface area contributed by atoms with E-state index in [1.165, 1.54) is 12.8 Å². The van der Waals surface area contributed by atoms with Crippen molar-refractivity contribution in [1.82, 2.24) is 0 Å². The second-order valence-electron chi connectivity index (χ2n) is 4.92. The van der Waals surface area contributed by atoms with Crippen molar-refractivity contribution in [3.63, 3.8) is 0 Å². The van der Waals surface area contributed by atoms with Crippen molar-refractivity contribution in [2.75, 3.05) is 19.1 Å². The Morgan fingerprint density at radius 3 is 2.00 bits per heavy atom. The first-order valence-corrected chi connectivity index (χ1v) is 8.63. The summed E-state index contributed by atoms with van der Waals surface area (Å²) in [6, 6.07) is 0. The lowest BCUT2D eigenvalue weighted by atomic mass is 10.1. The Morgan fingerprint density at radius 1 is 0.850 bits per heavy atom. The van der Waals surface area contributed by atoms with Crippen molar-refractivity contribution < 1.29 is 9.47 Å². The Kier molecular flexibility index (Phi) is 16.6. The molecule has 0 fully saturated rings. The van der Waals surface area contributed by atoms with E-state index >= 15 is 0 Å².